The number of aryl methyl sites for hydroxylation is 1. The third kappa shape index (κ3) is 2.94. The van der Waals surface area contributed by atoms with Gasteiger partial charge >= 0.3 is 0 Å². The van der Waals surface area contributed by atoms with Gasteiger partial charge < -0.3 is 4.74 Å². The third-order valence-corrected chi connectivity index (χ3v) is 4.81. The molecule has 0 N–H and O–H groups in total. The fourth-order valence-electron chi connectivity index (χ4n) is 3.71. The standard InChI is InChI=1S/C16H22FOP/c17-16(19)10-18-13-8-7-12-6-5-11-3-1-2-4-14(11)15(12)9-13/h7-9,11,14,16H,1-6,10,19H2. The first-order valence-corrected chi connectivity index (χ1v) is 8.06. The molecule has 0 radical (unpaired) electrons. The van der Waals surface area contributed by atoms with E-state index in [1.54, 1.807) is 0 Å². The van der Waals surface area contributed by atoms with E-state index >= 15 is 0 Å². The van der Waals surface area contributed by atoms with E-state index in [4.69, 9.17) is 4.74 Å². The van der Waals surface area contributed by atoms with Gasteiger partial charge in [0.25, 0.3) is 0 Å². The van der Waals surface area contributed by atoms with Crippen molar-refractivity contribution in [1.29, 1.82) is 0 Å². The number of alkyl halides is 1. The molecule has 4 unspecified atom stereocenters. The highest BCUT2D eigenvalue weighted by Crippen LogP contribution is 2.45. The minimum Gasteiger partial charge on any atom is -0.490 e. The van der Waals surface area contributed by atoms with Gasteiger partial charge in [-0.15, -0.1) is 0 Å². The molecule has 4 atom stereocenters. The summed E-state index contributed by atoms with van der Waals surface area (Å²) < 4.78 is 18.4. The Balaban J connectivity index is 1.81. The van der Waals surface area contributed by atoms with Gasteiger partial charge in [-0.25, -0.2) is 4.39 Å². The SMILES string of the molecule is FC(P)COc1ccc2c(c1)C1CCCCC1CC2. The van der Waals surface area contributed by atoms with Gasteiger partial charge in [-0.1, -0.05) is 28.1 Å². The molecule has 104 valence electrons. The van der Waals surface area contributed by atoms with Gasteiger partial charge in [-0.05, 0) is 60.8 Å². The third-order valence-electron chi connectivity index (χ3n) is 4.62. The van der Waals surface area contributed by atoms with Crippen molar-refractivity contribution in [3.63, 3.8) is 0 Å². The molecule has 1 nitrogen and oxygen atoms in total. The quantitative estimate of drug-likeness (QED) is 0.743. The van der Waals surface area contributed by atoms with E-state index in [1.165, 1.54) is 49.7 Å². The molecule has 0 spiro atoms. The molecular weight excluding hydrogens is 258 g/mol. The summed E-state index contributed by atoms with van der Waals surface area (Å²) in [5.74, 6) is 1.43. The van der Waals surface area contributed by atoms with E-state index in [2.05, 4.69) is 21.4 Å². The van der Waals surface area contributed by atoms with Gasteiger partial charge in [-0.2, -0.15) is 0 Å². The summed E-state index contributed by atoms with van der Waals surface area (Å²) in [6.45, 7) is 0.123. The van der Waals surface area contributed by atoms with Gasteiger partial charge in [0.1, 0.15) is 18.3 Å². The molecule has 3 rings (SSSR count). The highest BCUT2D eigenvalue weighted by molar-refractivity contribution is 7.17. The Morgan fingerprint density at radius 3 is 2.95 bits per heavy atom. The first-order valence-electron chi connectivity index (χ1n) is 7.39. The second-order valence-electron chi connectivity index (χ2n) is 5.88. The van der Waals surface area contributed by atoms with Crippen molar-refractivity contribution < 1.29 is 9.13 Å². The summed E-state index contributed by atoms with van der Waals surface area (Å²) in [5.41, 5.74) is 2.96. The van der Waals surface area contributed by atoms with Crippen LogP contribution in [0.1, 0.15) is 49.1 Å². The second-order valence-corrected chi connectivity index (χ2v) is 6.60. The lowest BCUT2D eigenvalue weighted by molar-refractivity contribution is 0.249. The van der Waals surface area contributed by atoms with Gasteiger partial charge in [-0.3, -0.25) is 0 Å². The minimum absolute atomic E-state index is 0.123. The molecule has 0 saturated heterocycles. The zero-order valence-electron chi connectivity index (χ0n) is 11.3. The van der Waals surface area contributed by atoms with E-state index in [9.17, 15) is 4.39 Å². The number of fused-ring (bicyclic) bond motifs is 3. The predicted octanol–water partition coefficient (Wildman–Crippen LogP) is 4.46. The molecule has 1 aromatic carbocycles. The fraction of sp³-hybridized carbons (Fsp3) is 0.625. The summed E-state index contributed by atoms with van der Waals surface area (Å²) in [6, 6.07) is 6.35. The van der Waals surface area contributed by atoms with Crippen LogP contribution in [0.3, 0.4) is 0 Å². The first kappa shape index (κ1) is 13.4. The van der Waals surface area contributed by atoms with Crippen LogP contribution in [-0.4, -0.2) is 12.5 Å². The smallest absolute Gasteiger partial charge is 0.147 e. The van der Waals surface area contributed by atoms with Gasteiger partial charge in [0, 0.05) is 0 Å². The second kappa shape index (κ2) is 5.79. The first-order chi connectivity index (χ1) is 9.24. The molecule has 2 aliphatic carbocycles. The average Bonchev–Trinajstić information content (AvgIpc) is 2.44. The zero-order valence-corrected chi connectivity index (χ0v) is 12.4. The minimum atomic E-state index is -0.988. The molecule has 19 heavy (non-hydrogen) atoms. The molecule has 1 aromatic rings. The van der Waals surface area contributed by atoms with Crippen LogP contribution in [-0.2, 0) is 6.42 Å². The molecule has 1 saturated carbocycles. The summed E-state index contributed by atoms with van der Waals surface area (Å²) >= 11 is 0. The Morgan fingerprint density at radius 1 is 1.26 bits per heavy atom. The molecule has 0 bridgehead atoms. The normalized spacial score (nSPS) is 27.3. The highest BCUT2D eigenvalue weighted by Gasteiger charge is 2.31. The lowest BCUT2D eigenvalue weighted by Crippen LogP contribution is -2.24. The summed E-state index contributed by atoms with van der Waals surface area (Å²) in [4.78, 5) is 0. The molecule has 1 fully saturated rings. The van der Waals surface area contributed by atoms with Crippen molar-refractivity contribution in [2.45, 2.75) is 50.4 Å². The lowest BCUT2D eigenvalue weighted by atomic mass is 9.68. The number of hydrogen-bond donors (Lipinski definition) is 0. The maximum Gasteiger partial charge on any atom is 0.147 e. The largest absolute Gasteiger partial charge is 0.490 e. The van der Waals surface area contributed by atoms with E-state index in [0.29, 0.717) is 0 Å². The van der Waals surface area contributed by atoms with E-state index < -0.39 is 5.91 Å². The molecular formula is C16H22FOP. The maximum absolute atomic E-state index is 12.8. The van der Waals surface area contributed by atoms with Gasteiger partial charge in [0.15, 0.2) is 0 Å². The molecule has 0 heterocycles. The van der Waals surface area contributed by atoms with Crippen LogP contribution < -0.4 is 4.74 Å². The molecule has 3 heteroatoms. The van der Waals surface area contributed by atoms with Crippen LogP contribution in [0, 0.1) is 5.92 Å². The van der Waals surface area contributed by atoms with Crippen molar-refractivity contribution in [2.75, 3.05) is 6.61 Å². The maximum atomic E-state index is 12.8. The Labute approximate surface area is 117 Å². The number of rotatable bonds is 3. The molecule has 2 aliphatic rings. The number of ether oxygens (including phenoxy) is 1. The van der Waals surface area contributed by atoms with Crippen LogP contribution in [0.15, 0.2) is 18.2 Å². The molecule has 0 aromatic heterocycles. The monoisotopic (exact) mass is 280 g/mol. The van der Waals surface area contributed by atoms with Crippen molar-refractivity contribution >= 4 is 9.24 Å². The van der Waals surface area contributed by atoms with Crippen molar-refractivity contribution in [3.8, 4) is 5.75 Å². The van der Waals surface area contributed by atoms with Crippen LogP contribution in [0.5, 0.6) is 5.75 Å². The Morgan fingerprint density at radius 2 is 2.11 bits per heavy atom. The van der Waals surface area contributed by atoms with E-state index in [1.807, 2.05) is 6.07 Å². The van der Waals surface area contributed by atoms with E-state index in [0.717, 1.165) is 17.6 Å². The summed E-state index contributed by atoms with van der Waals surface area (Å²) in [6.07, 6.45) is 7.99. The number of halogens is 1. The van der Waals surface area contributed by atoms with Gasteiger partial charge in [0.2, 0.25) is 0 Å². The topological polar surface area (TPSA) is 9.23 Å². The van der Waals surface area contributed by atoms with E-state index in [-0.39, 0.29) is 6.61 Å². The fourth-order valence-corrected chi connectivity index (χ4v) is 3.81. The molecule has 0 amide bonds. The van der Waals surface area contributed by atoms with Crippen LogP contribution in [0.4, 0.5) is 4.39 Å². The Bertz CT molecular complexity index is 446. The number of hydrogen-bond acceptors (Lipinski definition) is 1. The molecule has 0 aliphatic heterocycles. The van der Waals surface area contributed by atoms with Crippen LogP contribution in [0.25, 0.3) is 0 Å². The summed E-state index contributed by atoms with van der Waals surface area (Å²) in [7, 11) is 2.13. The van der Waals surface area contributed by atoms with Gasteiger partial charge in [0.05, 0.1) is 0 Å². The summed E-state index contributed by atoms with van der Waals surface area (Å²) in [5, 5.41) is 0. The van der Waals surface area contributed by atoms with Crippen molar-refractivity contribution in [3.05, 3.63) is 29.3 Å². The van der Waals surface area contributed by atoms with Crippen molar-refractivity contribution in [1.82, 2.24) is 0 Å². The van der Waals surface area contributed by atoms with Crippen LogP contribution >= 0.6 is 9.24 Å². The van der Waals surface area contributed by atoms with Crippen molar-refractivity contribution in [2.24, 2.45) is 5.92 Å². The predicted molar refractivity (Wildman–Crippen MR) is 79.6 cm³/mol. The zero-order chi connectivity index (χ0) is 13.2. The Kier molecular flexibility index (Phi) is 4.07. The number of benzene rings is 1. The van der Waals surface area contributed by atoms with Crippen LogP contribution in [0.2, 0.25) is 0 Å². The average molecular weight is 280 g/mol. The highest BCUT2D eigenvalue weighted by atomic mass is 31.0. The lowest BCUT2D eigenvalue weighted by Gasteiger charge is -2.37. The Hall–Kier alpha value is -0.620.